The molecule has 0 N–H and O–H groups in total. The molecule has 2 heterocycles. The van der Waals surface area contributed by atoms with E-state index in [-0.39, 0.29) is 29.9 Å². The number of ether oxygens (including phenoxy) is 4. The van der Waals surface area contributed by atoms with E-state index in [0.29, 0.717) is 0 Å². The number of methoxy groups -OCH3 is 2. The first-order chi connectivity index (χ1) is 7.40. The molecule has 2 saturated heterocycles. The zero-order valence-corrected chi connectivity index (χ0v) is 10.9. The van der Waals surface area contributed by atoms with Gasteiger partial charge in [-0.05, 0) is 20.8 Å². The SMILES string of the molecule is B[C@@H]1O[C@]2(C(C)OC)[C@H](OC)C1OC2(C)C. The van der Waals surface area contributed by atoms with E-state index in [1.807, 2.05) is 28.6 Å². The monoisotopic (exact) mass is 228 g/mol. The van der Waals surface area contributed by atoms with Crippen molar-refractivity contribution in [1.82, 2.24) is 0 Å². The summed E-state index contributed by atoms with van der Waals surface area (Å²) < 4.78 is 23.3. The quantitative estimate of drug-likeness (QED) is 0.634. The molecule has 0 aromatic heterocycles. The molecule has 2 bridgehead atoms. The molecule has 2 unspecified atom stereocenters. The smallest absolute Gasteiger partial charge is 0.150 e. The van der Waals surface area contributed by atoms with Gasteiger partial charge in [0.05, 0.1) is 17.7 Å². The second-order valence-corrected chi connectivity index (χ2v) is 5.24. The van der Waals surface area contributed by atoms with Crippen LogP contribution in [0.3, 0.4) is 0 Å². The van der Waals surface area contributed by atoms with E-state index in [9.17, 15) is 0 Å². The maximum atomic E-state index is 6.14. The highest BCUT2D eigenvalue weighted by Gasteiger charge is 2.71. The molecule has 0 aromatic carbocycles. The summed E-state index contributed by atoms with van der Waals surface area (Å²) in [5.41, 5.74) is -0.902. The number of hydrogen-bond donors (Lipinski definition) is 0. The lowest BCUT2D eigenvalue weighted by atomic mass is 9.79. The van der Waals surface area contributed by atoms with Gasteiger partial charge in [0, 0.05) is 14.2 Å². The molecule has 2 rings (SSSR count). The predicted molar refractivity (Wildman–Crippen MR) is 62.4 cm³/mol. The fourth-order valence-corrected chi connectivity index (χ4v) is 3.31. The minimum Gasteiger partial charge on any atom is -0.379 e. The summed E-state index contributed by atoms with van der Waals surface area (Å²) in [4.78, 5) is 0. The molecule has 0 aliphatic carbocycles. The van der Waals surface area contributed by atoms with E-state index in [2.05, 4.69) is 0 Å². The highest BCUT2D eigenvalue weighted by atomic mass is 16.7. The minimum atomic E-state index is -0.513. The van der Waals surface area contributed by atoms with Crippen LogP contribution in [-0.2, 0) is 18.9 Å². The summed E-state index contributed by atoms with van der Waals surface area (Å²) in [5.74, 6) is 0. The van der Waals surface area contributed by atoms with Gasteiger partial charge in [0.2, 0.25) is 0 Å². The fourth-order valence-electron chi connectivity index (χ4n) is 3.31. The molecule has 92 valence electrons. The van der Waals surface area contributed by atoms with Gasteiger partial charge < -0.3 is 18.9 Å². The van der Waals surface area contributed by atoms with Gasteiger partial charge >= 0.3 is 0 Å². The summed E-state index contributed by atoms with van der Waals surface area (Å²) in [5, 5.41) is 0. The molecule has 2 aliphatic heterocycles. The zero-order valence-electron chi connectivity index (χ0n) is 10.9. The maximum Gasteiger partial charge on any atom is 0.150 e. The van der Waals surface area contributed by atoms with Gasteiger partial charge in [-0.25, -0.2) is 0 Å². The first-order valence-corrected chi connectivity index (χ1v) is 5.82. The molecular formula is C11H21BO4. The normalized spacial score (nSPS) is 47.2. The van der Waals surface area contributed by atoms with Crippen molar-refractivity contribution in [1.29, 1.82) is 0 Å². The second kappa shape index (κ2) is 3.70. The first kappa shape index (κ1) is 12.4. The Hall–Kier alpha value is -0.0951. The van der Waals surface area contributed by atoms with Crippen LogP contribution in [0.5, 0.6) is 0 Å². The highest BCUT2D eigenvalue weighted by molar-refractivity contribution is 6.11. The summed E-state index contributed by atoms with van der Waals surface area (Å²) in [6.07, 6.45) is -0.132. The summed E-state index contributed by atoms with van der Waals surface area (Å²) >= 11 is 0. The first-order valence-electron chi connectivity index (χ1n) is 5.82. The van der Waals surface area contributed by atoms with Crippen LogP contribution in [-0.4, -0.2) is 57.6 Å². The van der Waals surface area contributed by atoms with E-state index in [1.54, 1.807) is 14.2 Å². The molecule has 0 saturated carbocycles. The van der Waals surface area contributed by atoms with Crippen molar-refractivity contribution in [2.45, 2.75) is 56.3 Å². The van der Waals surface area contributed by atoms with Crippen molar-refractivity contribution in [2.75, 3.05) is 14.2 Å². The Morgan fingerprint density at radius 2 is 1.88 bits per heavy atom. The molecule has 2 fully saturated rings. The zero-order chi connectivity index (χ0) is 12.1. The van der Waals surface area contributed by atoms with Crippen LogP contribution in [0.15, 0.2) is 0 Å². The van der Waals surface area contributed by atoms with Gasteiger partial charge in [-0.3, -0.25) is 0 Å². The average molecular weight is 228 g/mol. The third-order valence-corrected chi connectivity index (χ3v) is 4.15. The Labute approximate surface area is 98.0 Å². The minimum absolute atomic E-state index is 0.00222. The van der Waals surface area contributed by atoms with E-state index in [1.165, 1.54) is 0 Å². The van der Waals surface area contributed by atoms with Crippen LogP contribution in [0.4, 0.5) is 0 Å². The number of hydrogen-bond acceptors (Lipinski definition) is 4. The number of fused-ring (bicyclic) bond motifs is 2. The van der Waals surface area contributed by atoms with Gasteiger partial charge in [-0.1, -0.05) is 0 Å². The second-order valence-electron chi connectivity index (χ2n) is 5.24. The fraction of sp³-hybridized carbons (Fsp3) is 1.00. The molecular weight excluding hydrogens is 207 g/mol. The van der Waals surface area contributed by atoms with Crippen molar-refractivity contribution < 1.29 is 18.9 Å². The van der Waals surface area contributed by atoms with Crippen LogP contribution in [0.1, 0.15) is 20.8 Å². The van der Waals surface area contributed by atoms with Gasteiger partial charge in [-0.2, -0.15) is 0 Å². The van der Waals surface area contributed by atoms with Crippen LogP contribution >= 0.6 is 0 Å². The van der Waals surface area contributed by atoms with E-state index < -0.39 is 5.60 Å². The molecule has 0 aromatic rings. The largest absolute Gasteiger partial charge is 0.379 e. The van der Waals surface area contributed by atoms with Gasteiger partial charge in [0.1, 0.15) is 20.1 Å². The topological polar surface area (TPSA) is 36.9 Å². The average Bonchev–Trinajstić information content (AvgIpc) is 2.62. The number of rotatable bonds is 3. The van der Waals surface area contributed by atoms with Crippen LogP contribution < -0.4 is 0 Å². The van der Waals surface area contributed by atoms with Crippen molar-refractivity contribution in [3.63, 3.8) is 0 Å². The Morgan fingerprint density at radius 1 is 1.25 bits per heavy atom. The molecule has 16 heavy (non-hydrogen) atoms. The summed E-state index contributed by atoms with van der Waals surface area (Å²) in [7, 11) is 5.43. The van der Waals surface area contributed by atoms with E-state index in [4.69, 9.17) is 18.9 Å². The molecule has 5 atom stereocenters. The Kier molecular flexibility index (Phi) is 2.86. The van der Waals surface area contributed by atoms with Gasteiger partial charge in [-0.15, -0.1) is 0 Å². The van der Waals surface area contributed by atoms with E-state index >= 15 is 0 Å². The Balaban J connectivity index is 2.43. The van der Waals surface area contributed by atoms with E-state index in [0.717, 1.165) is 0 Å². The van der Waals surface area contributed by atoms with Crippen LogP contribution in [0, 0.1) is 0 Å². The molecule has 2 aliphatic rings. The lowest BCUT2D eigenvalue weighted by molar-refractivity contribution is -0.244. The molecule has 5 heteroatoms. The van der Waals surface area contributed by atoms with Crippen molar-refractivity contribution in [3.05, 3.63) is 0 Å². The lowest BCUT2D eigenvalue weighted by Crippen LogP contribution is -2.62. The Bertz CT molecular complexity index is 283. The maximum absolute atomic E-state index is 6.14. The third-order valence-electron chi connectivity index (χ3n) is 4.15. The predicted octanol–water partition coefficient (Wildman–Crippen LogP) is -0.0581. The van der Waals surface area contributed by atoms with Crippen molar-refractivity contribution in [3.8, 4) is 0 Å². The molecule has 0 spiro atoms. The molecule has 0 radical (unpaired) electrons. The third kappa shape index (κ3) is 1.26. The van der Waals surface area contributed by atoms with Crippen molar-refractivity contribution >= 4 is 7.85 Å². The summed E-state index contributed by atoms with van der Waals surface area (Å²) in [6.45, 7) is 6.10. The van der Waals surface area contributed by atoms with Crippen molar-refractivity contribution in [2.24, 2.45) is 0 Å². The summed E-state index contributed by atoms with van der Waals surface area (Å²) in [6, 6.07) is 0.0515. The van der Waals surface area contributed by atoms with Gasteiger partial charge in [0.25, 0.3) is 0 Å². The van der Waals surface area contributed by atoms with Crippen LogP contribution in [0.25, 0.3) is 0 Å². The highest BCUT2D eigenvalue weighted by Crippen LogP contribution is 2.53. The Morgan fingerprint density at radius 3 is 2.38 bits per heavy atom. The standard InChI is InChI=1S/C11H21BO4/c1-6(13-4)11-8(14-5)7(9(12)16-11)15-10(11,2)3/h6-9H,12H2,1-5H3/t6?,7?,8-,9-,11-/m1/s1. The van der Waals surface area contributed by atoms with Crippen LogP contribution in [0.2, 0.25) is 0 Å². The molecule has 4 nitrogen and oxygen atoms in total. The lowest BCUT2D eigenvalue weighted by Gasteiger charge is -2.46. The van der Waals surface area contributed by atoms with Gasteiger partial charge in [0.15, 0.2) is 5.60 Å². The molecule has 0 amide bonds.